The van der Waals surface area contributed by atoms with Crippen LogP contribution >= 0.6 is 0 Å². The monoisotopic (exact) mass is 1320 g/mol. The van der Waals surface area contributed by atoms with Gasteiger partial charge in [-0.05, 0) is 122 Å². The van der Waals surface area contributed by atoms with Gasteiger partial charge in [0.1, 0.15) is 60.4 Å². The minimum atomic E-state index is -2.72. The summed E-state index contributed by atoms with van der Waals surface area (Å²) in [6, 6.07) is -5.73. The molecule has 0 unspecified atom stereocenters. The number of aliphatic hydroxyl groups excluding tert-OH is 1. The Kier molecular flexibility index (Phi) is 38.2. The molecule has 12 amide bonds. The molecule has 12 atom stereocenters. The Balaban J connectivity index is 2.58. The maximum Gasteiger partial charge on any atom is 0.272 e. The summed E-state index contributed by atoms with van der Waals surface area (Å²) in [5, 5.41) is 52.6. The number of carbonyl (C=O) groups excluding carboxylic acids is 12. The Labute approximate surface area is 546 Å². The third kappa shape index (κ3) is 30.5. The summed E-state index contributed by atoms with van der Waals surface area (Å²) >= 11 is 0. The topological polar surface area (TPSA) is 520 Å². The van der Waals surface area contributed by atoms with Crippen molar-refractivity contribution in [1.29, 1.82) is 0 Å². The average Bonchev–Trinajstić information content (AvgIpc) is 1.17. The lowest BCUT2D eigenvalue weighted by Gasteiger charge is -2.29. The molecule has 1 aromatic carbocycles. The lowest BCUT2D eigenvalue weighted by atomic mass is 9.99. The standard InChI is InChI=1S/C62H109N17O14/c1-8-9-10-11-12-13-17-20-49(81)69-48(35-39-18-15-14-16-19-39)58(89)72-43(24-30-66)55(86)78-50(38(6)80)60(91)75-42(23-29-65)52(83)74-45-26-32-68-61(92)62(7,93)79-59(90)44(25-31-67)73-51(82)40(21-27-63)71-56(87)46(33-36(2)3)77-57(88)47(34-37(4)5)76-53(84)41(22-28-64)70-54(45)85/h14-16,18-19,36-38,40-48,50,80,93H,8-13,17,20-35,63-67H2,1-7H3,(H,68,92)(H,69,81)(H,70,85)(H,71,87)(H,72,89)(H,73,82)(H,74,83)(H,75,91)(H,76,84)(H,77,88)(H,78,86)(H,79,90)/t38-,40+,41+,42+,43+,44+,45+,46+,47-,48+,50+,62+/m1/s1. The largest absolute Gasteiger partial charge is 0.391 e. The van der Waals surface area contributed by atoms with Crippen LogP contribution in [0.25, 0.3) is 0 Å². The van der Waals surface area contributed by atoms with Crippen molar-refractivity contribution in [3.63, 3.8) is 0 Å². The van der Waals surface area contributed by atoms with Crippen LogP contribution in [0.4, 0.5) is 0 Å². The zero-order chi connectivity index (χ0) is 69.8. The second-order valence-electron chi connectivity index (χ2n) is 24.6. The second kappa shape index (κ2) is 43.5. The van der Waals surface area contributed by atoms with Gasteiger partial charge < -0.3 is 103 Å². The molecule has 1 saturated heterocycles. The van der Waals surface area contributed by atoms with Crippen molar-refractivity contribution >= 4 is 70.9 Å². The Hall–Kier alpha value is -7.42. The third-order valence-corrected chi connectivity index (χ3v) is 15.3. The van der Waals surface area contributed by atoms with Gasteiger partial charge in [-0.3, -0.25) is 57.5 Å². The molecule has 1 heterocycles. The molecular weight excluding hydrogens is 1210 g/mol. The highest BCUT2D eigenvalue weighted by Crippen LogP contribution is 2.14. The van der Waals surface area contributed by atoms with E-state index in [-0.39, 0.29) is 108 Å². The van der Waals surface area contributed by atoms with Crippen LogP contribution in [0, 0.1) is 11.8 Å². The van der Waals surface area contributed by atoms with Crippen LogP contribution in [-0.2, 0) is 64.0 Å². The molecule has 31 nitrogen and oxygen atoms in total. The van der Waals surface area contributed by atoms with Gasteiger partial charge in [-0.1, -0.05) is 103 Å². The quantitative estimate of drug-likeness (QED) is 0.0291. The number of amides is 12. The minimum absolute atomic E-state index is 0.0243. The van der Waals surface area contributed by atoms with E-state index >= 15 is 0 Å². The summed E-state index contributed by atoms with van der Waals surface area (Å²) < 4.78 is 0. The molecular formula is C62H109N17O14. The van der Waals surface area contributed by atoms with Crippen molar-refractivity contribution in [2.24, 2.45) is 40.5 Å². The molecule has 0 radical (unpaired) electrons. The third-order valence-electron chi connectivity index (χ3n) is 15.3. The van der Waals surface area contributed by atoms with E-state index in [2.05, 4.69) is 70.7 Å². The SMILES string of the molecule is CCCCCCCCCC(=O)N[C@@H](Cc1ccccc1)C(=O)N[C@@H](CCN)C(=O)N[C@H](C(=O)N[C@@H](CCN)C(=O)N[C@H]1CCNC(=O)[C@](C)(O)NC(=O)[C@H](CCN)NC(=O)[C@H](CCN)NC(=O)[C@H](CC(C)C)NC(=O)[C@@H](CC(C)C)NC(=O)[C@H](CCN)NC1=O)[C@@H](C)O. The Morgan fingerprint density at radius 2 is 0.989 bits per heavy atom. The lowest BCUT2D eigenvalue weighted by Crippen LogP contribution is -2.63. The molecule has 31 heteroatoms. The second-order valence-corrected chi connectivity index (χ2v) is 24.6. The zero-order valence-corrected chi connectivity index (χ0v) is 55.3. The van der Waals surface area contributed by atoms with Crippen LogP contribution < -0.4 is 92.5 Å². The Bertz CT molecular complexity index is 2560. The summed E-state index contributed by atoms with van der Waals surface area (Å²) in [7, 11) is 0. The van der Waals surface area contributed by atoms with Crippen LogP contribution in [0.2, 0.25) is 0 Å². The highest BCUT2D eigenvalue weighted by Gasteiger charge is 2.39. The van der Waals surface area contributed by atoms with Gasteiger partial charge in [-0.25, -0.2) is 0 Å². The van der Waals surface area contributed by atoms with Gasteiger partial charge in [0.25, 0.3) is 5.91 Å². The van der Waals surface area contributed by atoms with Gasteiger partial charge in [-0.15, -0.1) is 0 Å². The van der Waals surface area contributed by atoms with Crippen LogP contribution in [0.5, 0.6) is 0 Å². The van der Waals surface area contributed by atoms with E-state index in [0.717, 1.165) is 45.4 Å². The molecule has 1 aliphatic rings. The maximum atomic E-state index is 14.5. The van der Waals surface area contributed by atoms with Gasteiger partial charge in [0, 0.05) is 19.4 Å². The van der Waals surface area contributed by atoms with Crippen molar-refractivity contribution < 1.29 is 67.7 Å². The van der Waals surface area contributed by atoms with Crippen molar-refractivity contribution in [3.05, 3.63) is 35.9 Å². The molecule has 2 rings (SSSR count). The first-order valence-corrected chi connectivity index (χ1v) is 32.6. The molecule has 0 aliphatic carbocycles. The van der Waals surface area contributed by atoms with E-state index in [1.807, 2.05) is 0 Å². The van der Waals surface area contributed by atoms with E-state index in [1.165, 1.54) is 6.92 Å². The van der Waals surface area contributed by atoms with Crippen LogP contribution in [-0.4, -0.2) is 193 Å². The van der Waals surface area contributed by atoms with E-state index in [1.54, 1.807) is 58.0 Å². The number of hydrogen-bond donors (Lipinski definition) is 19. The molecule has 0 aromatic heterocycles. The molecule has 0 spiro atoms. The Morgan fingerprint density at radius 1 is 0.548 bits per heavy atom. The van der Waals surface area contributed by atoms with Crippen molar-refractivity contribution in [3.8, 4) is 0 Å². The van der Waals surface area contributed by atoms with Gasteiger partial charge in [0.15, 0.2) is 0 Å². The van der Waals surface area contributed by atoms with Crippen LogP contribution in [0.3, 0.4) is 0 Å². The lowest BCUT2D eigenvalue weighted by molar-refractivity contribution is -0.148. The number of rotatable bonds is 34. The number of hydrogen-bond acceptors (Lipinski definition) is 19. The van der Waals surface area contributed by atoms with Crippen molar-refractivity contribution in [2.45, 2.75) is 230 Å². The summed E-state index contributed by atoms with van der Waals surface area (Å²) in [5.41, 5.74) is 27.4. The van der Waals surface area contributed by atoms with Gasteiger partial charge >= 0.3 is 0 Å². The highest BCUT2D eigenvalue weighted by atomic mass is 16.3. The van der Waals surface area contributed by atoms with E-state index in [4.69, 9.17) is 28.7 Å². The summed E-state index contributed by atoms with van der Waals surface area (Å²) in [6.45, 7) is 9.88. The molecule has 93 heavy (non-hydrogen) atoms. The van der Waals surface area contributed by atoms with E-state index < -0.39 is 150 Å². The molecule has 24 N–H and O–H groups in total. The normalized spacial score (nSPS) is 22.4. The van der Waals surface area contributed by atoms with Crippen molar-refractivity contribution in [1.82, 2.24) is 63.8 Å². The fraction of sp³-hybridized carbons (Fsp3) is 0.710. The molecule has 1 aromatic rings. The average molecular weight is 1320 g/mol. The van der Waals surface area contributed by atoms with E-state index in [0.29, 0.717) is 12.0 Å². The first-order valence-electron chi connectivity index (χ1n) is 32.6. The van der Waals surface area contributed by atoms with E-state index in [9.17, 15) is 67.7 Å². The number of aliphatic hydroxyl groups is 2. The predicted octanol–water partition coefficient (Wildman–Crippen LogP) is -4.22. The Morgan fingerprint density at radius 3 is 1.47 bits per heavy atom. The highest BCUT2D eigenvalue weighted by molar-refractivity contribution is 5.99. The molecule has 0 bridgehead atoms. The molecule has 1 fully saturated rings. The van der Waals surface area contributed by atoms with Crippen molar-refractivity contribution in [2.75, 3.05) is 39.3 Å². The summed E-state index contributed by atoms with van der Waals surface area (Å²) in [4.78, 5) is 168. The first-order chi connectivity index (χ1) is 44.0. The van der Waals surface area contributed by atoms with Crippen LogP contribution in [0.1, 0.15) is 157 Å². The number of nitrogens with one attached hydrogen (secondary N) is 12. The predicted molar refractivity (Wildman–Crippen MR) is 347 cm³/mol. The van der Waals surface area contributed by atoms with Gasteiger partial charge in [-0.2, -0.15) is 0 Å². The minimum Gasteiger partial charge on any atom is -0.391 e. The fourth-order valence-electron chi connectivity index (χ4n) is 10.1. The number of nitrogens with two attached hydrogens (primary N) is 5. The fourth-order valence-corrected chi connectivity index (χ4v) is 10.1. The smallest absolute Gasteiger partial charge is 0.272 e. The van der Waals surface area contributed by atoms with Gasteiger partial charge in [0.2, 0.25) is 70.7 Å². The first kappa shape index (κ1) is 81.7. The summed E-state index contributed by atoms with van der Waals surface area (Å²) in [6.07, 6.45) is 3.91. The molecule has 0 saturated carbocycles. The molecule has 526 valence electrons. The zero-order valence-electron chi connectivity index (χ0n) is 55.3. The maximum absolute atomic E-state index is 14.5. The number of unbranched alkanes of at least 4 members (excludes halogenated alkanes) is 6. The van der Waals surface area contributed by atoms with Gasteiger partial charge in [0.05, 0.1) is 6.10 Å². The number of carbonyl (C=O) groups is 12. The van der Waals surface area contributed by atoms with Crippen LogP contribution in [0.15, 0.2) is 30.3 Å². The molecule has 1 aliphatic heterocycles. The number of benzene rings is 1. The summed E-state index contributed by atoms with van der Waals surface area (Å²) in [5.74, 6) is -11.5.